The third-order valence-electron chi connectivity index (χ3n) is 3.11. The maximum atomic E-state index is 13.4. The summed E-state index contributed by atoms with van der Waals surface area (Å²) < 4.78 is 20.2. The molecule has 2 rings (SSSR count). The molecule has 20 heavy (non-hydrogen) atoms. The molecule has 1 aromatic heterocycles. The van der Waals surface area contributed by atoms with Crippen LogP contribution in [0.2, 0.25) is 0 Å². The highest BCUT2D eigenvalue weighted by Crippen LogP contribution is 2.34. The number of methoxy groups -OCH3 is 1. The van der Waals surface area contributed by atoms with Gasteiger partial charge in [-0.25, -0.2) is 4.39 Å². The summed E-state index contributed by atoms with van der Waals surface area (Å²) in [6.07, 6.45) is 0.416. The highest BCUT2D eigenvalue weighted by atomic mass is 19.1. The number of nitrogens with zero attached hydrogens (tertiary/aromatic N) is 2. The minimum atomic E-state index is -1.11. The van der Waals surface area contributed by atoms with Crippen molar-refractivity contribution < 1.29 is 14.2 Å². The first-order valence-electron chi connectivity index (χ1n) is 6.30. The van der Waals surface area contributed by atoms with Crippen molar-refractivity contribution in [3.05, 3.63) is 41.5 Å². The van der Waals surface area contributed by atoms with Gasteiger partial charge >= 0.3 is 0 Å². The molecule has 0 aliphatic carbocycles. The van der Waals surface area contributed by atoms with Crippen LogP contribution in [0.15, 0.2) is 24.4 Å². The fourth-order valence-electron chi connectivity index (χ4n) is 2.11. The lowest BCUT2D eigenvalue weighted by Crippen LogP contribution is -2.14. The van der Waals surface area contributed by atoms with Crippen molar-refractivity contribution >= 4 is 5.69 Å². The summed E-state index contributed by atoms with van der Waals surface area (Å²) in [7, 11) is 1.49. The molecule has 0 saturated heterocycles. The van der Waals surface area contributed by atoms with Gasteiger partial charge in [-0.15, -0.1) is 0 Å². The number of aliphatic hydroxyl groups excluding tert-OH is 1. The number of hydrogen-bond acceptors (Lipinski definition) is 4. The molecule has 0 radical (unpaired) electrons. The maximum absolute atomic E-state index is 13.4. The molecule has 0 aliphatic heterocycles. The van der Waals surface area contributed by atoms with E-state index in [1.165, 1.54) is 31.5 Å². The lowest BCUT2D eigenvalue weighted by molar-refractivity contribution is 0.200. The minimum Gasteiger partial charge on any atom is -0.493 e. The van der Waals surface area contributed by atoms with Gasteiger partial charge in [0.2, 0.25) is 0 Å². The Kier molecular flexibility index (Phi) is 3.94. The Morgan fingerprint density at radius 2 is 2.10 bits per heavy atom. The van der Waals surface area contributed by atoms with Crippen LogP contribution in [0.25, 0.3) is 0 Å². The first-order chi connectivity index (χ1) is 9.45. The highest BCUT2D eigenvalue weighted by Gasteiger charge is 2.24. The summed E-state index contributed by atoms with van der Waals surface area (Å²) >= 11 is 0. The molecule has 6 heteroatoms. The van der Waals surface area contributed by atoms with E-state index < -0.39 is 11.9 Å². The van der Waals surface area contributed by atoms with Crippen molar-refractivity contribution in [1.82, 2.24) is 9.78 Å². The van der Waals surface area contributed by atoms with E-state index >= 15 is 0 Å². The van der Waals surface area contributed by atoms with E-state index in [0.29, 0.717) is 22.7 Å². The van der Waals surface area contributed by atoms with Crippen molar-refractivity contribution in [3.8, 4) is 5.75 Å². The molecule has 1 heterocycles. The minimum absolute atomic E-state index is 0.0262. The van der Waals surface area contributed by atoms with Crippen molar-refractivity contribution in [2.75, 3.05) is 12.8 Å². The number of anilines is 1. The number of hydrogen-bond donors (Lipinski definition) is 2. The average Bonchev–Trinajstić information content (AvgIpc) is 2.84. The standard InChI is InChI=1S/C14H18FN3O2/c1-8(2)18-13(12(20-3)7-17-18)14(19)10-6-9(15)4-5-11(10)16/h4-8,14,19H,16H2,1-3H3. The number of aliphatic hydroxyl groups is 1. The van der Waals surface area contributed by atoms with Crippen molar-refractivity contribution in [1.29, 1.82) is 0 Å². The van der Waals surface area contributed by atoms with E-state index in [-0.39, 0.29) is 6.04 Å². The largest absolute Gasteiger partial charge is 0.493 e. The van der Waals surface area contributed by atoms with Crippen LogP contribution in [0, 0.1) is 5.82 Å². The van der Waals surface area contributed by atoms with Gasteiger partial charge in [0.15, 0.2) is 5.75 Å². The monoisotopic (exact) mass is 279 g/mol. The normalized spacial score (nSPS) is 12.7. The molecule has 1 atom stereocenters. The molecule has 1 aromatic carbocycles. The van der Waals surface area contributed by atoms with Gasteiger partial charge in [-0.2, -0.15) is 5.10 Å². The Bertz CT molecular complexity index is 610. The third kappa shape index (κ3) is 2.46. The average molecular weight is 279 g/mol. The van der Waals surface area contributed by atoms with Gasteiger partial charge < -0.3 is 15.6 Å². The van der Waals surface area contributed by atoms with Gasteiger partial charge in [0, 0.05) is 17.3 Å². The topological polar surface area (TPSA) is 73.3 Å². The smallest absolute Gasteiger partial charge is 0.163 e. The highest BCUT2D eigenvalue weighted by molar-refractivity contribution is 5.51. The zero-order valence-electron chi connectivity index (χ0n) is 11.7. The number of nitrogens with two attached hydrogens (primary N) is 1. The molecular formula is C14H18FN3O2. The molecule has 2 aromatic rings. The second-order valence-electron chi connectivity index (χ2n) is 4.81. The molecule has 0 amide bonds. The van der Waals surface area contributed by atoms with Crippen LogP contribution in [-0.4, -0.2) is 22.0 Å². The molecule has 0 spiro atoms. The van der Waals surface area contributed by atoms with Crippen LogP contribution in [0.5, 0.6) is 5.75 Å². The number of nitrogen functional groups attached to an aromatic ring is 1. The molecule has 108 valence electrons. The second kappa shape index (κ2) is 5.50. The Balaban J connectivity index is 2.55. The summed E-state index contributed by atoms with van der Waals surface area (Å²) in [6.45, 7) is 3.86. The van der Waals surface area contributed by atoms with Gasteiger partial charge in [-0.3, -0.25) is 4.68 Å². The number of rotatable bonds is 4. The first kappa shape index (κ1) is 14.3. The molecule has 0 aliphatic rings. The van der Waals surface area contributed by atoms with Gasteiger partial charge in [0.05, 0.1) is 13.3 Å². The van der Waals surface area contributed by atoms with Crippen LogP contribution < -0.4 is 10.5 Å². The predicted octanol–water partition coefficient (Wildman–Crippen LogP) is 2.28. The van der Waals surface area contributed by atoms with E-state index in [4.69, 9.17) is 10.5 Å². The Labute approximate surface area is 116 Å². The molecule has 1 unspecified atom stereocenters. The Hall–Kier alpha value is -2.08. The summed E-state index contributed by atoms with van der Waals surface area (Å²) in [5.74, 6) is -0.0160. The predicted molar refractivity (Wildman–Crippen MR) is 74.0 cm³/mol. The molecule has 3 N–H and O–H groups in total. The van der Waals surface area contributed by atoms with E-state index in [0.717, 1.165) is 0 Å². The fourth-order valence-corrected chi connectivity index (χ4v) is 2.11. The number of aromatic nitrogens is 2. The lowest BCUT2D eigenvalue weighted by Gasteiger charge is -2.18. The van der Waals surface area contributed by atoms with Gasteiger partial charge in [-0.1, -0.05) is 0 Å². The van der Waals surface area contributed by atoms with Crippen molar-refractivity contribution in [2.24, 2.45) is 0 Å². The molecule has 5 nitrogen and oxygen atoms in total. The summed E-state index contributed by atoms with van der Waals surface area (Å²) in [5.41, 5.74) is 6.89. The number of benzene rings is 1. The third-order valence-corrected chi connectivity index (χ3v) is 3.11. The first-order valence-corrected chi connectivity index (χ1v) is 6.30. The Morgan fingerprint density at radius 3 is 2.70 bits per heavy atom. The van der Waals surface area contributed by atoms with E-state index in [9.17, 15) is 9.50 Å². The zero-order chi connectivity index (χ0) is 14.9. The quantitative estimate of drug-likeness (QED) is 0.842. The van der Waals surface area contributed by atoms with Crippen LogP contribution in [0.3, 0.4) is 0 Å². The van der Waals surface area contributed by atoms with Crippen LogP contribution >= 0.6 is 0 Å². The molecule has 0 fully saturated rings. The number of halogens is 1. The van der Waals surface area contributed by atoms with Gasteiger partial charge in [0.1, 0.15) is 17.6 Å². The fraction of sp³-hybridized carbons (Fsp3) is 0.357. The van der Waals surface area contributed by atoms with Crippen LogP contribution in [0.4, 0.5) is 10.1 Å². The zero-order valence-corrected chi connectivity index (χ0v) is 11.7. The molecule has 0 bridgehead atoms. The van der Waals surface area contributed by atoms with Crippen LogP contribution in [0.1, 0.15) is 37.3 Å². The van der Waals surface area contributed by atoms with Gasteiger partial charge in [0.25, 0.3) is 0 Å². The number of ether oxygens (including phenoxy) is 1. The van der Waals surface area contributed by atoms with Gasteiger partial charge in [-0.05, 0) is 32.0 Å². The van der Waals surface area contributed by atoms with E-state index in [2.05, 4.69) is 5.10 Å². The van der Waals surface area contributed by atoms with Crippen LogP contribution in [-0.2, 0) is 0 Å². The SMILES string of the molecule is COc1cnn(C(C)C)c1C(O)c1cc(F)ccc1N. The van der Waals surface area contributed by atoms with Crippen molar-refractivity contribution in [2.45, 2.75) is 26.0 Å². The Morgan fingerprint density at radius 1 is 1.40 bits per heavy atom. The van der Waals surface area contributed by atoms with Crippen molar-refractivity contribution in [3.63, 3.8) is 0 Å². The summed E-state index contributed by atoms with van der Waals surface area (Å²) in [5, 5.41) is 14.7. The van der Waals surface area contributed by atoms with E-state index in [1.54, 1.807) is 4.68 Å². The summed E-state index contributed by atoms with van der Waals surface area (Å²) in [4.78, 5) is 0. The molecule has 0 saturated carbocycles. The molecular weight excluding hydrogens is 261 g/mol. The lowest BCUT2D eigenvalue weighted by atomic mass is 10.0. The van der Waals surface area contributed by atoms with E-state index in [1.807, 2.05) is 13.8 Å². The second-order valence-corrected chi connectivity index (χ2v) is 4.81. The maximum Gasteiger partial charge on any atom is 0.163 e. The summed E-state index contributed by atoms with van der Waals surface area (Å²) in [6, 6.07) is 3.93.